The molecule has 1 amide bonds. The van der Waals surface area contributed by atoms with Crippen molar-refractivity contribution in [2.24, 2.45) is 5.92 Å². The smallest absolute Gasteiger partial charge is 0.222 e. The van der Waals surface area contributed by atoms with Crippen LogP contribution in [0.5, 0.6) is 0 Å². The zero-order valence-corrected chi connectivity index (χ0v) is 19.8. The zero-order chi connectivity index (χ0) is 23.1. The number of likely N-dealkylation sites (N-methyl/N-ethyl adjacent to an activating group) is 1. The van der Waals surface area contributed by atoms with Crippen molar-refractivity contribution >= 4 is 5.91 Å². The largest absolute Gasteiger partial charge is 0.394 e. The lowest BCUT2D eigenvalue weighted by atomic mass is 10.0. The molecule has 8 nitrogen and oxygen atoms in total. The van der Waals surface area contributed by atoms with Gasteiger partial charge in [0.05, 0.1) is 37.3 Å². The summed E-state index contributed by atoms with van der Waals surface area (Å²) < 4.78 is 8.23. The molecule has 2 heterocycles. The number of rotatable bonds is 6. The maximum Gasteiger partial charge on any atom is 0.222 e. The number of carbonyl (C=O) groups excluding carboxylic acids is 1. The molecule has 1 aromatic carbocycles. The van der Waals surface area contributed by atoms with Crippen LogP contribution in [0.25, 0.3) is 0 Å². The van der Waals surface area contributed by atoms with Crippen LogP contribution in [0.15, 0.2) is 30.5 Å². The summed E-state index contributed by atoms with van der Waals surface area (Å²) >= 11 is 0. The minimum atomic E-state index is -0.222. The Balaban J connectivity index is 1.78. The third kappa shape index (κ3) is 6.37. The molecule has 1 aromatic heterocycles. The van der Waals surface area contributed by atoms with E-state index in [0.717, 1.165) is 18.8 Å². The number of fused-ring (bicyclic) bond motifs is 1. The predicted octanol–water partition coefficient (Wildman–Crippen LogP) is 2.24. The molecule has 1 N–H and O–H groups in total. The lowest BCUT2D eigenvalue weighted by molar-refractivity contribution is -0.136. The molecule has 2 aromatic rings. The predicted molar refractivity (Wildman–Crippen MR) is 123 cm³/mol. The number of aliphatic hydroxyl groups excluding tert-OH is 1. The van der Waals surface area contributed by atoms with Gasteiger partial charge in [-0.15, -0.1) is 5.10 Å². The summed E-state index contributed by atoms with van der Waals surface area (Å²) in [7, 11) is 2.10. The van der Waals surface area contributed by atoms with Gasteiger partial charge in [-0.25, -0.2) is 4.68 Å². The molecule has 3 rings (SSSR count). The van der Waals surface area contributed by atoms with E-state index in [9.17, 15) is 9.90 Å². The van der Waals surface area contributed by atoms with Crippen molar-refractivity contribution in [2.45, 2.75) is 65.5 Å². The minimum Gasteiger partial charge on any atom is -0.394 e. The number of aliphatic hydroxyl groups is 1. The van der Waals surface area contributed by atoms with E-state index in [2.05, 4.69) is 60.4 Å². The number of nitrogens with zero attached hydrogens (tertiary/aromatic N) is 5. The van der Waals surface area contributed by atoms with Gasteiger partial charge in [0.15, 0.2) is 0 Å². The first kappa shape index (κ1) is 24.4. The van der Waals surface area contributed by atoms with Crippen LogP contribution in [0.2, 0.25) is 0 Å². The van der Waals surface area contributed by atoms with Gasteiger partial charge >= 0.3 is 0 Å². The molecule has 1 aliphatic rings. The van der Waals surface area contributed by atoms with Gasteiger partial charge in [0.1, 0.15) is 0 Å². The first-order valence-corrected chi connectivity index (χ1v) is 11.5. The number of carbonyl (C=O) groups is 1. The molecule has 1 aliphatic heterocycles. The van der Waals surface area contributed by atoms with E-state index >= 15 is 0 Å². The lowest BCUT2D eigenvalue weighted by Crippen LogP contribution is -2.47. The SMILES string of the molecule is Cc1ccccc1CN(C)C[C@H]1OCc2cnnn2CCCC(=O)N([C@H](C)CO)C[C@H]1C. The number of benzene rings is 1. The van der Waals surface area contributed by atoms with Gasteiger partial charge in [0.2, 0.25) is 5.91 Å². The Morgan fingerprint density at radius 3 is 2.88 bits per heavy atom. The van der Waals surface area contributed by atoms with Crippen LogP contribution in [0.4, 0.5) is 0 Å². The zero-order valence-electron chi connectivity index (χ0n) is 19.8. The summed E-state index contributed by atoms with van der Waals surface area (Å²) in [6.07, 6.45) is 2.76. The van der Waals surface area contributed by atoms with Crippen LogP contribution < -0.4 is 0 Å². The number of aryl methyl sites for hydroxylation is 2. The van der Waals surface area contributed by atoms with E-state index in [1.165, 1.54) is 11.1 Å². The van der Waals surface area contributed by atoms with Crippen molar-refractivity contribution in [1.82, 2.24) is 24.8 Å². The highest BCUT2D eigenvalue weighted by Gasteiger charge is 2.28. The van der Waals surface area contributed by atoms with E-state index in [-0.39, 0.29) is 30.6 Å². The normalized spacial score (nSPS) is 21.7. The Morgan fingerprint density at radius 2 is 2.12 bits per heavy atom. The van der Waals surface area contributed by atoms with Crippen LogP contribution in [0.3, 0.4) is 0 Å². The first-order valence-electron chi connectivity index (χ1n) is 11.5. The highest BCUT2D eigenvalue weighted by atomic mass is 16.5. The Hall–Kier alpha value is -2.29. The molecule has 176 valence electrons. The molecule has 3 atom stereocenters. The molecule has 0 aliphatic carbocycles. The van der Waals surface area contributed by atoms with Gasteiger partial charge in [-0.05, 0) is 38.4 Å². The van der Waals surface area contributed by atoms with Crippen LogP contribution in [0.1, 0.15) is 43.5 Å². The molecule has 0 radical (unpaired) electrons. The molecule has 8 heteroatoms. The van der Waals surface area contributed by atoms with Gasteiger partial charge in [-0.1, -0.05) is 36.4 Å². The Labute approximate surface area is 191 Å². The maximum absolute atomic E-state index is 13.0. The van der Waals surface area contributed by atoms with E-state index in [4.69, 9.17) is 4.74 Å². The van der Waals surface area contributed by atoms with Crippen molar-refractivity contribution in [3.8, 4) is 0 Å². The third-order valence-electron chi connectivity index (χ3n) is 6.33. The van der Waals surface area contributed by atoms with Crippen molar-refractivity contribution < 1.29 is 14.6 Å². The number of hydrogen-bond donors (Lipinski definition) is 1. The van der Waals surface area contributed by atoms with Crippen molar-refractivity contribution in [3.05, 3.63) is 47.3 Å². The molecular formula is C24H37N5O3. The summed E-state index contributed by atoms with van der Waals surface area (Å²) in [5.41, 5.74) is 3.50. The van der Waals surface area contributed by atoms with E-state index in [1.54, 1.807) is 6.20 Å². The van der Waals surface area contributed by atoms with Crippen LogP contribution in [-0.2, 0) is 29.2 Å². The lowest BCUT2D eigenvalue weighted by Gasteiger charge is -2.35. The summed E-state index contributed by atoms with van der Waals surface area (Å²) in [5.74, 6) is 0.156. The maximum atomic E-state index is 13.0. The topological polar surface area (TPSA) is 83.7 Å². The summed E-state index contributed by atoms with van der Waals surface area (Å²) in [4.78, 5) is 17.0. The fourth-order valence-electron chi connectivity index (χ4n) is 4.20. The van der Waals surface area contributed by atoms with Crippen molar-refractivity contribution in [2.75, 3.05) is 26.7 Å². The molecule has 32 heavy (non-hydrogen) atoms. The first-order chi connectivity index (χ1) is 15.4. The van der Waals surface area contributed by atoms with Gasteiger partial charge in [0.25, 0.3) is 0 Å². The highest BCUT2D eigenvalue weighted by Crippen LogP contribution is 2.19. The van der Waals surface area contributed by atoms with E-state index in [1.807, 2.05) is 16.5 Å². The van der Waals surface area contributed by atoms with Gasteiger partial charge < -0.3 is 14.7 Å². The van der Waals surface area contributed by atoms with Crippen molar-refractivity contribution in [3.63, 3.8) is 0 Å². The third-order valence-corrected chi connectivity index (χ3v) is 6.33. The number of amides is 1. The molecule has 0 fully saturated rings. The monoisotopic (exact) mass is 443 g/mol. The summed E-state index contributed by atoms with van der Waals surface area (Å²) in [5, 5.41) is 17.9. The fourth-order valence-corrected chi connectivity index (χ4v) is 4.20. The Kier molecular flexibility index (Phi) is 8.78. The molecule has 0 unspecified atom stereocenters. The average molecular weight is 444 g/mol. The molecular weight excluding hydrogens is 406 g/mol. The number of aromatic nitrogens is 3. The second-order valence-electron chi connectivity index (χ2n) is 9.08. The second kappa shape index (κ2) is 11.5. The van der Waals surface area contributed by atoms with Crippen LogP contribution in [0, 0.1) is 12.8 Å². The Bertz CT molecular complexity index is 871. The van der Waals surface area contributed by atoms with E-state index in [0.29, 0.717) is 32.5 Å². The van der Waals surface area contributed by atoms with Crippen molar-refractivity contribution in [1.29, 1.82) is 0 Å². The molecule has 0 spiro atoms. The number of ether oxygens (including phenoxy) is 1. The second-order valence-corrected chi connectivity index (χ2v) is 9.08. The van der Waals surface area contributed by atoms with E-state index < -0.39 is 0 Å². The van der Waals surface area contributed by atoms with Gasteiger partial charge in [-0.3, -0.25) is 9.69 Å². The minimum absolute atomic E-state index is 0.0512. The summed E-state index contributed by atoms with van der Waals surface area (Å²) in [6.45, 7) is 9.27. The number of hydrogen-bond acceptors (Lipinski definition) is 6. The van der Waals surface area contributed by atoms with Gasteiger partial charge in [0, 0.05) is 38.5 Å². The summed E-state index contributed by atoms with van der Waals surface area (Å²) in [6, 6.07) is 8.19. The molecule has 0 saturated carbocycles. The van der Waals surface area contributed by atoms with Gasteiger partial charge in [-0.2, -0.15) is 0 Å². The molecule has 0 bridgehead atoms. The van der Waals surface area contributed by atoms with Crippen LogP contribution >= 0.6 is 0 Å². The average Bonchev–Trinajstić information content (AvgIpc) is 3.22. The quantitative estimate of drug-likeness (QED) is 0.737. The van der Waals surface area contributed by atoms with Crippen LogP contribution in [-0.4, -0.2) is 74.7 Å². The molecule has 0 saturated heterocycles. The fraction of sp³-hybridized carbons (Fsp3) is 0.625. The Morgan fingerprint density at radius 1 is 1.34 bits per heavy atom. The highest BCUT2D eigenvalue weighted by molar-refractivity contribution is 5.76. The standard InChI is InChI=1S/C24H37N5O3/c1-18-8-5-6-9-21(18)14-27(4)15-23-19(2)13-28(20(3)16-30)24(31)10-7-11-29-22(17-32-23)12-25-26-29/h5-6,8-9,12,19-20,23,30H,7,10-11,13-17H2,1-4H3/t19-,20-,23-/m1/s1.